The minimum atomic E-state index is 0.157. The molecule has 2 rings (SSSR count). The van der Waals surface area contributed by atoms with Crippen LogP contribution in [0.25, 0.3) is 0 Å². The van der Waals surface area contributed by atoms with Gasteiger partial charge in [-0.05, 0) is 46.4 Å². The molecule has 2 fully saturated rings. The summed E-state index contributed by atoms with van der Waals surface area (Å²) in [5.41, 5.74) is 0. The second-order valence-electron chi connectivity index (χ2n) is 6.42. The van der Waals surface area contributed by atoms with Crippen molar-refractivity contribution in [3.63, 3.8) is 0 Å². The number of hydrogen-bond acceptors (Lipinski definition) is 3. The van der Waals surface area contributed by atoms with Crippen LogP contribution in [0.3, 0.4) is 0 Å². The van der Waals surface area contributed by atoms with E-state index >= 15 is 0 Å². The number of nitrogens with zero attached hydrogens (tertiary/aromatic N) is 3. The van der Waals surface area contributed by atoms with Crippen molar-refractivity contribution in [2.75, 3.05) is 53.4 Å². The van der Waals surface area contributed by atoms with Crippen LogP contribution >= 0.6 is 0 Å². The first-order chi connectivity index (χ1) is 9.65. The molecule has 5 nitrogen and oxygen atoms in total. The fourth-order valence-electron chi connectivity index (χ4n) is 3.12. The van der Waals surface area contributed by atoms with E-state index in [9.17, 15) is 4.79 Å². The molecule has 1 heterocycles. The molecule has 1 aliphatic heterocycles. The quantitative estimate of drug-likeness (QED) is 0.824. The van der Waals surface area contributed by atoms with Crippen molar-refractivity contribution >= 4 is 6.03 Å². The number of hydrogen-bond donors (Lipinski definition) is 1. The Morgan fingerprint density at radius 1 is 1.15 bits per heavy atom. The molecule has 1 aliphatic carbocycles. The molecule has 5 heteroatoms. The summed E-state index contributed by atoms with van der Waals surface area (Å²) < 4.78 is 0. The lowest BCUT2D eigenvalue weighted by Crippen LogP contribution is -2.53. The predicted molar refractivity (Wildman–Crippen MR) is 82.0 cm³/mol. The molecular formula is C15H30N4O. The molecule has 0 atom stereocenters. The number of amides is 2. The van der Waals surface area contributed by atoms with Gasteiger partial charge in [-0.2, -0.15) is 0 Å². The second kappa shape index (κ2) is 7.84. The Morgan fingerprint density at radius 2 is 1.80 bits per heavy atom. The van der Waals surface area contributed by atoms with E-state index in [1.54, 1.807) is 0 Å². The van der Waals surface area contributed by atoms with E-state index < -0.39 is 0 Å². The van der Waals surface area contributed by atoms with Gasteiger partial charge >= 0.3 is 6.03 Å². The van der Waals surface area contributed by atoms with E-state index in [1.165, 1.54) is 19.3 Å². The molecule has 0 aromatic rings. The van der Waals surface area contributed by atoms with Crippen molar-refractivity contribution in [3.05, 3.63) is 0 Å². The maximum absolute atomic E-state index is 12.2. The topological polar surface area (TPSA) is 38.8 Å². The van der Waals surface area contributed by atoms with Crippen LogP contribution in [0, 0.1) is 0 Å². The van der Waals surface area contributed by atoms with E-state index in [1.807, 2.05) is 4.90 Å². The van der Waals surface area contributed by atoms with Crippen LogP contribution in [-0.2, 0) is 0 Å². The number of urea groups is 1. The Balaban J connectivity index is 1.61. The third-order valence-electron chi connectivity index (χ3n) is 4.42. The van der Waals surface area contributed by atoms with Gasteiger partial charge in [-0.3, -0.25) is 4.90 Å². The van der Waals surface area contributed by atoms with Gasteiger partial charge in [0.25, 0.3) is 0 Å². The van der Waals surface area contributed by atoms with Gasteiger partial charge in [-0.1, -0.05) is 12.8 Å². The number of carbonyl (C=O) groups is 1. The molecule has 0 spiro atoms. The van der Waals surface area contributed by atoms with Crippen molar-refractivity contribution in [2.24, 2.45) is 0 Å². The highest BCUT2D eigenvalue weighted by Gasteiger charge is 2.24. The maximum Gasteiger partial charge on any atom is 0.317 e. The lowest BCUT2D eigenvalue weighted by atomic mass is 10.2. The number of carbonyl (C=O) groups excluding carboxylic acids is 1. The van der Waals surface area contributed by atoms with Crippen molar-refractivity contribution in [2.45, 2.75) is 38.1 Å². The largest absolute Gasteiger partial charge is 0.335 e. The third-order valence-corrected chi connectivity index (χ3v) is 4.42. The van der Waals surface area contributed by atoms with Crippen molar-refractivity contribution in [1.82, 2.24) is 20.0 Å². The van der Waals surface area contributed by atoms with Crippen LogP contribution in [0.2, 0.25) is 0 Å². The summed E-state index contributed by atoms with van der Waals surface area (Å²) >= 11 is 0. The Kier molecular flexibility index (Phi) is 6.10. The summed E-state index contributed by atoms with van der Waals surface area (Å²) in [6.07, 6.45) is 6.07. The molecular weight excluding hydrogens is 252 g/mol. The van der Waals surface area contributed by atoms with Gasteiger partial charge in [0.05, 0.1) is 0 Å². The predicted octanol–water partition coefficient (Wildman–Crippen LogP) is 1.21. The summed E-state index contributed by atoms with van der Waals surface area (Å²) in [4.78, 5) is 18.8. The number of nitrogens with one attached hydrogen (secondary N) is 1. The monoisotopic (exact) mass is 282 g/mol. The van der Waals surface area contributed by atoms with Gasteiger partial charge in [0, 0.05) is 32.2 Å². The van der Waals surface area contributed by atoms with E-state index in [-0.39, 0.29) is 6.03 Å². The molecule has 0 aromatic carbocycles. The second-order valence-corrected chi connectivity index (χ2v) is 6.42. The van der Waals surface area contributed by atoms with Crippen LogP contribution < -0.4 is 5.32 Å². The van der Waals surface area contributed by atoms with Gasteiger partial charge in [0.15, 0.2) is 0 Å². The van der Waals surface area contributed by atoms with Crippen LogP contribution in [-0.4, -0.2) is 80.1 Å². The number of rotatable bonds is 5. The highest BCUT2D eigenvalue weighted by molar-refractivity contribution is 5.74. The van der Waals surface area contributed by atoms with Crippen molar-refractivity contribution in [3.8, 4) is 0 Å². The summed E-state index contributed by atoms with van der Waals surface area (Å²) in [6, 6.07) is 0.588. The molecule has 0 bridgehead atoms. The summed E-state index contributed by atoms with van der Waals surface area (Å²) in [7, 11) is 4.23. The summed E-state index contributed by atoms with van der Waals surface area (Å²) in [5, 5.41) is 3.18. The van der Waals surface area contributed by atoms with Gasteiger partial charge < -0.3 is 15.1 Å². The number of piperazine rings is 1. The van der Waals surface area contributed by atoms with E-state index in [0.29, 0.717) is 6.04 Å². The molecule has 0 unspecified atom stereocenters. The first-order valence-electron chi connectivity index (χ1n) is 8.07. The van der Waals surface area contributed by atoms with E-state index in [4.69, 9.17) is 0 Å². The Labute approximate surface area is 123 Å². The lowest BCUT2D eigenvalue weighted by molar-refractivity contribution is 0.134. The average Bonchev–Trinajstić information content (AvgIpc) is 2.92. The maximum atomic E-state index is 12.2. The Hall–Kier alpha value is -0.810. The zero-order valence-corrected chi connectivity index (χ0v) is 13.1. The van der Waals surface area contributed by atoms with Crippen molar-refractivity contribution in [1.29, 1.82) is 0 Å². The van der Waals surface area contributed by atoms with Crippen LogP contribution in [0.1, 0.15) is 32.1 Å². The zero-order chi connectivity index (χ0) is 14.4. The summed E-state index contributed by atoms with van der Waals surface area (Å²) in [5.74, 6) is 0. The molecule has 116 valence electrons. The molecule has 0 radical (unpaired) electrons. The average molecular weight is 282 g/mol. The van der Waals surface area contributed by atoms with E-state index in [2.05, 4.69) is 29.2 Å². The van der Waals surface area contributed by atoms with Gasteiger partial charge in [0.1, 0.15) is 0 Å². The van der Waals surface area contributed by atoms with E-state index in [0.717, 1.165) is 52.1 Å². The molecule has 0 aromatic heterocycles. The summed E-state index contributed by atoms with van der Waals surface area (Å²) in [6.45, 7) is 6.08. The highest BCUT2D eigenvalue weighted by Crippen LogP contribution is 2.18. The first kappa shape index (κ1) is 15.6. The van der Waals surface area contributed by atoms with Gasteiger partial charge in [-0.25, -0.2) is 4.79 Å². The first-order valence-corrected chi connectivity index (χ1v) is 8.07. The third kappa shape index (κ3) is 4.94. The molecule has 2 aliphatic rings. The standard InChI is InChI=1S/C15H30N4O/c1-17(2)8-5-9-18-10-12-19(13-11-18)15(20)16-14-6-3-4-7-14/h14H,3-13H2,1-2H3,(H,16,20). The molecule has 1 saturated carbocycles. The van der Waals surface area contributed by atoms with Gasteiger partial charge in [0.2, 0.25) is 0 Å². The normalized spacial score (nSPS) is 21.6. The van der Waals surface area contributed by atoms with Gasteiger partial charge in [-0.15, -0.1) is 0 Å². The molecule has 1 N–H and O–H groups in total. The molecule has 20 heavy (non-hydrogen) atoms. The minimum Gasteiger partial charge on any atom is -0.335 e. The Morgan fingerprint density at radius 3 is 2.40 bits per heavy atom. The van der Waals surface area contributed by atoms with Crippen LogP contribution in [0.5, 0.6) is 0 Å². The molecule has 1 saturated heterocycles. The smallest absolute Gasteiger partial charge is 0.317 e. The zero-order valence-electron chi connectivity index (χ0n) is 13.1. The SMILES string of the molecule is CN(C)CCCN1CCN(C(=O)NC2CCCC2)CC1. The molecule has 2 amide bonds. The Bertz CT molecular complexity index is 294. The lowest BCUT2D eigenvalue weighted by Gasteiger charge is -2.35. The highest BCUT2D eigenvalue weighted by atomic mass is 16.2. The van der Waals surface area contributed by atoms with Crippen molar-refractivity contribution < 1.29 is 4.79 Å². The fraction of sp³-hybridized carbons (Fsp3) is 0.933. The van der Waals surface area contributed by atoms with Crippen LogP contribution in [0.4, 0.5) is 4.79 Å². The van der Waals surface area contributed by atoms with Crippen LogP contribution in [0.15, 0.2) is 0 Å². The minimum absolute atomic E-state index is 0.157. The fourth-order valence-corrected chi connectivity index (χ4v) is 3.12.